The van der Waals surface area contributed by atoms with Gasteiger partial charge in [-0.25, -0.2) is 0 Å². The van der Waals surface area contributed by atoms with Crippen LogP contribution in [-0.4, -0.2) is 30.5 Å². The van der Waals surface area contributed by atoms with Gasteiger partial charge in [0.15, 0.2) is 0 Å². The third kappa shape index (κ3) is 3.55. The molecule has 1 saturated heterocycles. The molecule has 0 spiro atoms. The van der Waals surface area contributed by atoms with E-state index in [1.165, 1.54) is 5.56 Å². The first-order chi connectivity index (χ1) is 10.7. The molecule has 3 rings (SSSR count). The number of amides is 1. The van der Waals surface area contributed by atoms with E-state index in [0.29, 0.717) is 26.1 Å². The van der Waals surface area contributed by atoms with Gasteiger partial charge >= 0.3 is 0 Å². The molecule has 2 aromatic carbocycles. The first kappa shape index (κ1) is 14.8. The van der Waals surface area contributed by atoms with Crippen molar-refractivity contribution in [3.8, 4) is 0 Å². The highest BCUT2D eigenvalue weighted by Gasteiger charge is 2.25. The summed E-state index contributed by atoms with van der Waals surface area (Å²) in [6.45, 7) is 3.95. The fourth-order valence-corrected chi connectivity index (χ4v) is 2.85. The van der Waals surface area contributed by atoms with Crippen molar-refractivity contribution in [2.24, 2.45) is 0 Å². The van der Waals surface area contributed by atoms with Gasteiger partial charge in [0.1, 0.15) is 6.10 Å². The second-order valence-corrected chi connectivity index (χ2v) is 5.78. The summed E-state index contributed by atoms with van der Waals surface area (Å²) in [6.07, 6.45) is 0.444. The van der Waals surface area contributed by atoms with Crippen molar-refractivity contribution < 1.29 is 9.53 Å². The summed E-state index contributed by atoms with van der Waals surface area (Å²) in [7, 11) is 0. The number of carbonyl (C=O) groups excluding carboxylic acids is 1. The van der Waals surface area contributed by atoms with Crippen molar-refractivity contribution >= 4 is 5.91 Å². The van der Waals surface area contributed by atoms with E-state index >= 15 is 0 Å². The van der Waals surface area contributed by atoms with Gasteiger partial charge < -0.3 is 9.64 Å². The third-order valence-electron chi connectivity index (χ3n) is 4.03. The van der Waals surface area contributed by atoms with E-state index < -0.39 is 0 Å². The van der Waals surface area contributed by atoms with Crippen molar-refractivity contribution in [1.29, 1.82) is 0 Å². The summed E-state index contributed by atoms with van der Waals surface area (Å²) in [4.78, 5) is 14.4. The molecule has 3 nitrogen and oxygen atoms in total. The molecular weight excluding hydrogens is 274 g/mol. The van der Waals surface area contributed by atoms with Gasteiger partial charge in [-0.1, -0.05) is 60.2 Å². The van der Waals surface area contributed by atoms with Crippen molar-refractivity contribution in [3.63, 3.8) is 0 Å². The molecule has 114 valence electrons. The minimum Gasteiger partial charge on any atom is -0.370 e. The molecule has 22 heavy (non-hydrogen) atoms. The molecule has 1 fully saturated rings. The van der Waals surface area contributed by atoms with Gasteiger partial charge in [0.05, 0.1) is 19.6 Å². The number of nitrogens with zero attached hydrogens (tertiary/aromatic N) is 1. The maximum Gasteiger partial charge on any atom is 0.227 e. The topological polar surface area (TPSA) is 29.5 Å². The molecule has 1 aliphatic rings. The number of benzene rings is 2. The van der Waals surface area contributed by atoms with Crippen LogP contribution in [0.1, 0.15) is 22.8 Å². The lowest BCUT2D eigenvalue weighted by Gasteiger charge is -2.33. The third-order valence-corrected chi connectivity index (χ3v) is 4.03. The maximum atomic E-state index is 12.5. The first-order valence-corrected chi connectivity index (χ1v) is 7.72. The van der Waals surface area contributed by atoms with E-state index in [1.54, 1.807) is 0 Å². The molecule has 0 bridgehead atoms. The predicted molar refractivity (Wildman–Crippen MR) is 86.6 cm³/mol. The summed E-state index contributed by atoms with van der Waals surface area (Å²) in [5.41, 5.74) is 3.40. The number of aryl methyl sites for hydroxylation is 1. The van der Waals surface area contributed by atoms with Gasteiger partial charge in [0.2, 0.25) is 5.91 Å². The van der Waals surface area contributed by atoms with Crippen molar-refractivity contribution in [1.82, 2.24) is 4.90 Å². The molecule has 0 aliphatic carbocycles. The van der Waals surface area contributed by atoms with Gasteiger partial charge in [-0.15, -0.1) is 0 Å². The molecule has 0 aromatic heterocycles. The van der Waals surface area contributed by atoms with Gasteiger partial charge in [-0.05, 0) is 18.1 Å². The van der Waals surface area contributed by atoms with E-state index in [-0.39, 0.29) is 12.0 Å². The Hall–Kier alpha value is -2.13. The maximum absolute atomic E-state index is 12.5. The van der Waals surface area contributed by atoms with Crippen LogP contribution in [0, 0.1) is 6.92 Å². The van der Waals surface area contributed by atoms with Gasteiger partial charge in [0.25, 0.3) is 0 Å². The van der Waals surface area contributed by atoms with Crippen LogP contribution < -0.4 is 0 Å². The van der Waals surface area contributed by atoms with Crippen molar-refractivity contribution in [3.05, 3.63) is 71.3 Å². The molecule has 1 aliphatic heterocycles. The molecule has 1 amide bonds. The molecule has 0 N–H and O–H groups in total. The molecule has 1 atom stereocenters. The van der Waals surface area contributed by atoms with Crippen molar-refractivity contribution in [2.75, 3.05) is 19.7 Å². The summed E-state index contributed by atoms with van der Waals surface area (Å²) in [5.74, 6) is 0.176. The minimum atomic E-state index is -0.0172. The van der Waals surface area contributed by atoms with E-state index in [4.69, 9.17) is 4.74 Å². The number of carbonyl (C=O) groups is 1. The molecule has 0 unspecified atom stereocenters. The average Bonchev–Trinajstić information content (AvgIpc) is 2.56. The largest absolute Gasteiger partial charge is 0.370 e. The number of morpholine rings is 1. The van der Waals surface area contributed by atoms with E-state index in [0.717, 1.165) is 11.1 Å². The first-order valence-electron chi connectivity index (χ1n) is 7.72. The zero-order chi connectivity index (χ0) is 15.4. The van der Waals surface area contributed by atoms with Crippen LogP contribution in [0.15, 0.2) is 54.6 Å². The summed E-state index contributed by atoms with van der Waals surface area (Å²) >= 11 is 0. The Morgan fingerprint density at radius 1 is 1.18 bits per heavy atom. The SMILES string of the molecule is Cc1cccc(CC(=O)N2CCO[C@@H](c3ccccc3)C2)c1. The molecule has 0 radical (unpaired) electrons. The summed E-state index contributed by atoms with van der Waals surface area (Å²) in [6, 6.07) is 18.3. The van der Waals surface area contributed by atoms with E-state index in [1.807, 2.05) is 48.2 Å². The van der Waals surface area contributed by atoms with Gasteiger partial charge in [0, 0.05) is 6.54 Å². The lowest BCUT2D eigenvalue weighted by molar-refractivity contribution is -0.138. The summed E-state index contributed by atoms with van der Waals surface area (Å²) in [5, 5.41) is 0. The zero-order valence-corrected chi connectivity index (χ0v) is 12.9. The summed E-state index contributed by atoms with van der Waals surface area (Å²) < 4.78 is 5.82. The fourth-order valence-electron chi connectivity index (χ4n) is 2.85. The Balaban J connectivity index is 1.65. The number of rotatable bonds is 3. The highest BCUT2D eigenvalue weighted by atomic mass is 16.5. The Bertz CT molecular complexity index is 639. The highest BCUT2D eigenvalue weighted by molar-refractivity contribution is 5.79. The monoisotopic (exact) mass is 295 g/mol. The Kier molecular flexibility index (Phi) is 4.54. The van der Waals surface area contributed by atoms with Crippen LogP contribution >= 0.6 is 0 Å². The molecular formula is C19H21NO2. The van der Waals surface area contributed by atoms with E-state index in [9.17, 15) is 4.79 Å². The van der Waals surface area contributed by atoms with Crippen molar-refractivity contribution in [2.45, 2.75) is 19.4 Å². The lowest BCUT2D eigenvalue weighted by atomic mass is 10.1. The Morgan fingerprint density at radius 2 is 2.00 bits per heavy atom. The molecule has 0 saturated carbocycles. The predicted octanol–water partition coefficient (Wildman–Crippen LogP) is 3.14. The smallest absolute Gasteiger partial charge is 0.227 e. The van der Waals surface area contributed by atoms with Crippen LogP contribution in [0.5, 0.6) is 0 Å². The number of hydrogen-bond acceptors (Lipinski definition) is 2. The van der Waals surface area contributed by atoms with Gasteiger partial charge in [-0.2, -0.15) is 0 Å². The van der Waals surface area contributed by atoms with Crippen LogP contribution in [0.2, 0.25) is 0 Å². The zero-order valence-electron chi connectivity index (χ0n) is 12.9. The lowest BCUT2D eigenvalue weighted by Crippen LogP contribution is -2.42. The van der Waals surface area contributed by atoms with Gasteiger partial charge in [-0.3, -0.25) is 4.79 Å². The average molecular weight is 295 g/mol. The normalized spacial score (nSPS) is 18.2. The molecule has 1 heterocycles. The second kappa shape index (κ2) is 6.75. The quantitative estimate of drug-likeness (QED) is 0.870. The Morgan fingerprint density at radius 3 is 2.77 bits per heavy atom. The molecule has 3 heteroatoms. The van der Waals surface area contributed by atoms with E-state index in [2.05, 4.69) is 18.2 Å². The Labute approximate surface area is 131 Å². The van der Waals surface area contributed by atoms with Crippen LogP contribution in [0.3, 0.4) is 0 Å². The molecule has 2 aromatic rings. The second-order valence-electron chi connectivity index (χ2n) is 5.78. The number of ether oxygens (including phenoxy) is 1. The van der Waals surface area contributed by atoms with Crippen LogP contribution in [0.4, 0.5) is 0 Å². The minimum absolute atomic E-state index is 0.0172. The standard InChI is InChI=1S/C19H21NO2/c1-15-6-5-7-16(12-15)13-19(21)20-10-11-22-18(14-20)17-8-3-2-4-9-17/h2-9,12,18H,10-11,13-14H2,1H3/t18-/m1/s1. The highest BCUT2D eigenvalue weighted by Crippen LogP contribution is 2.22. The fraction of sp³-hybridized carbons (Fsp3) is 0.316. The van der Waals surface area contributed by atoms with Crippen LogP contribution in [-0.2, 0) is 16.0 Å². The number of hydrogen-bond donors (Lipinski definition) is 0. The van der Waals surface area contributed by atoms with Crippen LogP contribution in [0.25, 0.3) is 0 Å².